The number of halogens is 3. The van der Waals surface area contributed by atoms with Crippen LogP contribution in [0.1, 0.15) is 42.5 Å². The van der Waals surface area contributed by atoms with Crippen LogP contribution in [0, 0.1) is 12.3 Å². The van der Waals surface area contributed by atoms with Crippen molar-refractivity contribution in [3.63, 3.8) is 0 Å². The Hall–Kier alpha value is -2.39. The van der Waals surface area contributed by atoms with Gasteiger partial charge in [-0.05, 0) is 74.4 Å². The van der Waals surface area contributed by atoms with Crippen LogP contribution in [0.2, 0.25) is 0 Å². The molecule has 2 aliphatic rings. The van der Waals surface area contributed by atoms with E-state index in [0.29, 0.717) is 0 Å². The second-order valence-electron chi connectivity index (χ2n) is 9.55. The number of rotatable bonds is 7. The lowest BCUT2D eigenvalue weighted by molar-refractivity contribution is -0.137. The molecule has 2 atom stereocenters. The summed E-state index contributed by atoms with van der Waals surface area (Å²) in [6.07, 6.45) is 1.54. The van der Waals surface area contributed by atoms with Crippen molar-refractivity contribution in [1.29, 1.82) is 0 Å². The number of aryl methyl sites for hydroxylation is 1. The van der Waals surface area contributed by atoms with Crippen LogP contribution >= 0.6 is 11.8 Å². The molecule has 5 nitrogen and oxygen atoms in total. The lowest BCUT2D eigenvalue weighted by atomic mass is 9.81. The summed E-state index contributed by atoms with van der Waals surface area (Å²) in [5.41, 5.74) is 2.48. The van der Waals surface area contributed by atoms with Gasteiger partial charge < -0.3 is 9.88 Å². The van der Waals surface area contributed by atoms with Gasteiger partial charge in [-0.1, -0.05) is 23.9 Å². The molecule has 180 valence electrons. The largest absolute Gasteiger partial charge is 0.416 e. The maximum atomic E-state index is 13.1. The first-order valence-electron chi connectivity index (χ1n) is 11.6. The van der Waals surface area contributed by atoms with E-state index in [0.717, 1.165) is 72.3 Å². The highest BCUT2D eigenvalue weighted by Crippen LogP contribution is 2.69. The Kier molecular flexibility index (Phi) is 5.96. The van der Waals surface area contributed by atoms with Crippen molar-refractivity contribution < 1.29 is 13.2 Å². The highest BCUT2D eigenvalue weighted by atomic mass is 32.2. The molecule has 2 aromatic heterocycles. The number of pyridine rings is 1. The summed E-state index contributed by atoms with van der Waals surface area (Å²) >= 11 is 1.67. The molecule has 1 aromatic carbocycles. The highest BCUT2D eigenvalue weighted by Gasteiger charge is 2.67. The second kappa shape index (κ2) is 8.68. The van der Waals surface area contributed by atoms with Crippen LogP contribution in [0.5, 0.6) is 0 Å². The predicted octanol–water partition coefficient (Wildman–Crippen LogP) is 5.40. The summed E-state index contributed by atoms with van der Waals surface area (Å²) in [6.45, 7) is 3.87. The van der Waals surface area contributed by atoms with Gasteiger partial charge in [0.25, 0.3) is 0 Å². The normalized spacial score (nSPS) is 24.1. The summed E-state index contributed by atoms with van der Waals surface area (Å²) in [5, 5.41) is 13.0. The maximum absolute atomic E-state index is 13.1. The summed E-state index contributed by atoms with van der Waals surface area (Å²) in [6, 6.07) is 9.83. The molecule has 0 radical (unpaired) electrons. The van der Waals surface area contributed by atoms with Crippen molar-refractivity contribution in [2.24, 2.45) is 12.5 Å². The molecule has 1 spiro atoms. The van der Waals surface area contributed by atoms with E-state index in [1.807, 2.05) is 36.9 Å². The fourth-order valence-electron chi connectivity index (χ4n) is 5.55. The molecule has 34 heavy (non-hydrogen) atoms. The van der Waals surface area contributed by atoms with Crippen LogP contribution in [0.3, 0.4) is 0 Å². The maximum Gasteiger partial charge on any atom is 0.416 e. The predicted molar refractivity (Wildman–Crippen MR) is 127 cm³/mol. The van der Waals surface area contributed by atoms with Gasteiger partial charge in [-0.2, -0.15) is 13.2 Å². The van der Waals surface area contributed by atoms with E-state index in [4.69, 9.17) is 0 Å². The van der Waals surface area contributed by atoms with Gasteiger partial charge in [0.05, 0.1) is 5.56 Å². The lowest BCUT2D eigenvalue weighted by Gasteiger charge is -2.23. The third-order valence-corrected chi connectivity index (χ3v) is 8.63. The number of aromatic nitrogens is 4. The third kappa shape index (κ3) is 4.13. The summed E-state index contributed by atoms with van der Waals surface area (Å²) in [5.74, 6) is 1.67. The minimum atomic E-state index is -4.30. The molecule has 1 aliphatic heterocycles. The van der Waals surface area contributed by atoms with Crippen molar-refractivity contribution in [2.45, 2.75) is 49.4 Å². The van der Waals surface area contributed by atoms with Gasteiger partial charge in [-0.3, -0.25) is 4.98 Å². The molecule has 2 unspecified atom stereocenters. The molecule has 9 heteroatoms. The molecule has 3 heterocycles. The van der Waals surface area contributed by atoms with Gasteiger partial charge in [0.2, 0.25) is 0 Å². The fourth-order valence-corrected chi connectivity index (χ4v) is 6.40. The third-order valence-electron chi connectivity index (χ3n) is 7.52. The smallest absolute Gasteiger partial charge is 0.316 e. The second-order valence-corrected chi connectivity index (χ2v) is 10.6. The minimum Gasteiger partial charge on any atom is -0.316 e. The van der Waals surface area contributed by atoms with E-state index >= 15 is 0 Å². The van der Waals surface area contributed by atoms with Crippen molar-refractivity contribution in [1.82, 2.24) is 25.1 Å². The first-order valence-corrected chi connectivity index (χ1v) is 12.6. The van der Waals surface area contributed by atoms with E-state index in [1.54, 1.807) is 23.9 Å². The standard InChI is InChI=1S/C25H28F3N5S/c1-17-4-5-18(14-30-17)21-31-32-22(33(21)2)34-13-3-10-24(15-23(24)11-12-29-16-23)19-6-8-20(9-7-19)25(26,27)28/h4-9,14,29H,3,10-13,15-16H2,1-2H3. The Bertz CT molecular complexity index is 1150. The number of benzene rings is 1. The molecular weight excluding hydrogens is 459 g/mol. The van der Waals surface area contributed by atoms with E-state index in [-0.39, 0.29) is 10.8 Å². The van der Waals surface area contributed by atoms with E-state index in [1.165, 1.54) is 12.1 Å². The molecule has 1 N–H and O–H groups in total. The number of nitrogens with zero attached hydrogens (tertiary/aromatic N) is 4. The van der Waals surface area contributed by atoms with Gasteiger partial charge in [0, 0.05) is 42.2 Å². The van der Waals surface area contributed by atoms with Crippen LogP contribution in [0.15, 0.2) is 47.8 Å². The molecule has 0 amide bonds. The average Bonchev–Trinajstić information content (AvgIpc) is 3.06. The van der Waals surface area contributed by atoms with E-state index in [9.17, 15) is 13.2 Å². The zero-order valence-corrected chi connectivity index (χ0v) is 20.1. The van der Waals surface area contributed by atoms with Gasteiger partial charge in [-0.25, -0.2) is 0 Å². The Morgan fingerprint density at radius 1 is 1.12 bits per heavy atom. The first-order chi connectivity index (χ1) is 16.2. The number of hydrogen-bond donors (Lipinski definition) is 1. The summed E-state index contributed by atoms with van der Waals surface area (Å²) in [4.78, 5) is 4.34. The molecule has 1 saturated heterocycles. The monoisotopic (exact) mass is 487 g/mol. The van der Waals surface area contributed by atoms with Gasteiger partial charge in [-0.15, -0.1) is 10.2 Å². The van der Waals surface area contributed by atoms with Crippen LogP contribution < -0.4 is 5.32 Å². The Balaban J connectivity index is 1.26. The van der Waals surface area contributed by atoms with E-state index < -0.39 is 11.7 Å². The summed E-state index contributed by atoms with van der Waals surface area (Å²) in [7, 11) is 1.96. The number of thioether (sulfide) groups is 1. The lowest BCUT2D eigenvalue weighted by Crippen LogP contribution is -2.22. The van der Waals surface area contributed by atoms with Crippen molar-refractivity contribution in [2.75, 3.05) is 18.8 Å². The highest BCUT2D eigenvalue weighted by molar-refractivity contribution is 7.99. The summed E-state index contributed by atoms with van der Waals surface area (Å²) < 4.78 is 41.2. The molecule has 1 aliphatic carbocycles. The van der Waals surface area contributed by atoms with Crippen molar-refractivity contribution in [3.05, 3.63) is 59.4 Å². The van der Waals surface area contributed by atoms with Crippen LogP contribution in [-0.2, 0) is 18.6 Å². The van der Waals surface area contributed by atoms with Gasteiger partial charge in [0.1, 0.15) is 0 Å². The minimum absolute atomic E-state index is 0.0419. The zero-order chi connectivity index (χ0) is 24.0. The molecule has 0 bridgehead atoms. The Labute approximate surface area is 201 Å². The van der Waals surface area contributed by atoms with Gasteiger partial charge in [0.15, 0.2) is 11.0 Å². The number of alkyl halides is 3. The Morgan fingerprint density at radius 2 is 1.91 bits per heavy atom. The molecule has 5 rings (SSSR count). The van der Waals surface area contributed by atoms with Crippen molar-refractivity contribution >= 4 is 11.8 Å². The molecule has 3 aromatic rings. The SMILES string of the molecule is Cc1ccc(-c2nnc(SCCCC3(c4ccc(C(F)(F)F)cc4)CC34CCNC4)n2C)cn1. The topological polar surface area (TPSA) is 55.6 Å². The first kappa shape index (κ1) is 23.4. The quantitative estimate of drug-likeness (QED) is 0.357. The number of nitrogens with one attached hydrogen (secondary N) is 1. The Morgan fingerprint density at radius 3 is 2.56 bits per heavy atom. The van der Waals surface area contributed by atoms with Crippen LogP contribution in [0.4, 0.5) is 13.2 Å². The van der Waals surface area contributed by atoms with Crippen molar-refractivity contribution in [3.8, 4) is 11.4 Å². The molecular formula is C25H28F3N5S. The fraction of sp³-hybridized carbons (Fsp3) is 0.480. The average molecular weight is 488 g/mol. The number of hydrogen-bond acceptors (Lipinski definition) is 5. The van der Waals surface area contributed by atoms with E-state index in [2.05, 4.69) is 20.5 Å². The van der Waals surface area contributed by atoms with Gasteiger partial charge >= 0.3 is 6.18 Å². The zero-order valence-electron chi connectivity index (χ0n) is 19.3. The van der Waals surface area contributed by atoms with Crippen LogP contribution in [0.25, 0.3) is 11.4 Å². The van der Waals surface area contributed by atoms with Crippen LogP contribution in [-0.4, -0.2) is 38.6 Å². The molecule has 1 saturated carbocycles. The molecule has 2 fully saturated rings.